The highest BCUT2D eigenvalue weighted by atomic mass is 79.9. The summed E-state index contributed by atoms with van der Waals surface area (Å²) in [5.41, 5.74) is 0.757. The van der Waals surface area contributed by atoms with E-state index in [2.05, 4.69) is 15.9 Å². The first-order valence-corrected chi connectivity index (χ1v) is 5.63. The molecule has 16 heavy (non-hydrogen) atoms. The van der Waals surface area contributed by atoms with E-state index in [-0.39, 0.29) is 21.9 Å². The van der Waals surface area contributed by atoms with E-state index in [1.165, 1.54) is 0 Å². The third kappa shape index (κ3) is 1.11. The van der Waals surface area contributed by atoms with Crippen molar-refractivity contribution in [2.45, 2.75) is 11.8 Å². The lowest BCUT2D eigenvalue weighted by atomic mass is 9.76. The Morgan fingerprint density at radius 2 is 1.25 bits per heavy atom. The second-order valence-electron chi connectivity index (χ2n) is 3.90. The van der Waals surface area contributed by atoms with Crippen LogP contribution < -0.4 is 0 Å². The molecule has 0 fully saturated rings. The van der Waals surface area contributed by atoms with Gasteiger partial charge in [0.15, 0.2) is 17.5 Å². The van der Waals surface area contributed by atoms with Gasteiger partial charge in [-0.05, 0) is 21.5 Å². The summed E-state index contributed by atoms with van der Waals surface area (Å²) in [5, 5.41) is 0. The van der Waals surface area contributed by atoms with Crippen molar-refractivity contribution in [1.29, 1.82) is 0 Å². The Balaban J connectivity index is 2.40. The van der Waals surface area contributed by atoms with Crippen molar-refractivity contribution < 1.29 is 13.2 Å². The average Bonchev–Trinajstić information content (AvgIpc) is 2.34. The van der Waals surface area contributed by atoms with Crippen LogP contribution >= 0.6 is 15.9 Å². The minimum atomic E-state index is -1.40. The number of hydrogen-bond donors (Lipinski definition) is 0. The molecule has 0 heterocycles. The molecule has 2 bridgehead atoms. The molecule has 0 aliphatic heterocycles. The molecule has 1 aromatic carbocycles. The summed E-state index contributed by atoms with van der Waals surface area (Å²) in [4.78, 5) is 0. The van der Waals surface area contributed by atoms with Gasteiger partial charge in [0.05, 0.1) is 4.47 Å². The van der Waals surface area contributed by atoms with Gasteiger partial charge in [-0.3, -0.25) is 0 Å². The standard InChI is InChI=1S/C12H6BrF3/c13-9-7-5-1-3-6(4-2-5)8(7)10(14)12(16)11(9)15/h1-6H. The zero-order valence-electron chi connectivity index (χ0n) is 7.98. The van der Waals surface area contributed by atoms with Crippen molar-refractivity contribution in [1.82, 2.24) is 0 Å². The molecule has 4 heteroatoms. The Hall–Kier alpha value is -1.03. The molecule has 0 N–H and O–H groups in total. The molecule has 0 amide bonds. The molecule has 0 saturated carbocycles. The van der Waals surface area contributed by atoms with Gasteiger partial charge in [-0.25, -0.2) is 13.2 Å². The predicted molar refractivity (Wildman–Crippen MR) is 57.8 cm³/mol. The summed E-state index contributed by atoms with van der Waals surface area (Å²) >= 11 is 3.00. The van der Waals surface area contributed by atoms with Gasteiger partial charge in [-0.2, -0.15) is 0 Å². The zero-order valence-corrected chi connectivity index (χ0v) is 9.56. The smallest absolute Gasteiger partial charge is 0.195 e. The molecule has 1 aromatic rings. The Morgan fingerprint density at radius 1 is 0.750 bits per heavy atom. The highest BCUT2D eigenvalue weighted by molar-refractivity contribution is 9.10. The highest BCUT2D eigenvalue weighted by Gasteiger charge is 2.33. The number of rotatable bonds is 0. The van der Waals surface area contributed by atoms with E-state index in [1.807, 2.05) is 12.2 Å². The topological polar surface area (TPSA) is 0 Å². The van der Waals surface area contributed by atoms with Crippen LogP contribution in [0.15, 0.2) is 28.8 Å². The molecule has 0 atom stereocenters. The second kappa shape index (κ2) is 3.23. The maximum atomic E-state index is 13.7. The van der Waals surface area contributed by atoms with Crippen LogP contribution in [-0.4, -0.2) is 0 Å². The van der Waals surface area contributed by atoms with Crippen molar-refractivity contribution >= 4 is 15.9 Å². The molecular weight excluding hydrogens is 281 g/mol. The van der Waals surface area contributed by atoms with Crippen LogP contribution in [0.2, 0.25) is 0 Å². The highest BCUT2D eigenvalue weighted by Crippen LogP contribution is 2.46. The largest absolute Gasteiger partial charge is 0.203 e. The van der Waals surface area contributed by atoms with E-state index in [9.17, 15) is 13.2 Å². The van der Waals surface area contributed by atoms with Crippen LogP contribution in [0.5, 0.6) is 0 Å². The Morgan fingerprint density at radius 3 is 1.81 bits per heavy atom. The monoisotopic (exact) mass is 286 g/mol. The van der Waals surface area contributed by atoms with Gasteiger partial charge in [-0.15, -0.1) is 0 Å². The van der Waals surface area contributed by atoms with Crippen molar-refractivity contribution in [2.24, 2.45) is 0 Å². The van der Waals surface area contributed by atoms with Gasteiger partial charge in [0.25, 0.3) is 0 Å². The Labute approximate surface area is 98.6 Å². The summed E-state index contributed by atoms with van der Waals surface area (Å²) < 4.78 is 40.4. The van der Waals surface area contributed by atoms with E-state index in [1.54, 1.807) is 12.2 Å². The van der Waals surface area contributed by atoms with Crippen LogP contribution in [0.1, 0.15) is 23.0 Å². The number of allylic oxidation sites excluding steroid dienone is 4. The van der Waals surface area contributed by atoms with Gasteiger partial charge in [0, 0.05) is 17.4 Å². The van der Waals surface area contributed by atoms with E-state index in [0.29, 0.717) is 5.56 Å². The van der Waals surface area contributed by atoms with E-state index in [0.717, 1.165) is 0 Å². The molecule has 3 aliphatic carbocycles. The van der Waals surface area contributed by atoms with Crippen molar-refractivity contribution in [3.05, 3.63) is 57.4 Å². The molecule has 0 radical (unpaired) electrons. The lowest BCUT2D eigenvalue weighted by molar-refractivity contribution is 0.433. The molecule has 82 valence electrons. The predicted octanol–water partition coefficient (Wildman–Crippen LogP) is 4.17. The van der Waals surface area contributed by atoms with Crippen LogP contribution in [0.25, 0.3) is 0 Å². The van der Waals surface area contributed by atoms with Crippen molar-refractivity contribution in [3.63, 3.8) is 0 Å². The minimum Gasteiger partial charge on any atom is -0.203 e. The van der Waals surface area contributed by atoms with Gasteiger partial charge >= 0.3 is 0 Å². The van der Waals surface area contributed by atoms with Crippen LogP contribution in [0.3, 0.4) is 0 Å². The summed E-state index contributed by atoms with van der Waals surface area (Å²) in [6.07, 6.45) is 7.35. The van der Waals surface area contributed by atoms with Gasteiger partial charge in [-0.1, -0.05) is 24.3 Å². The molecule has 0 spiro atoms. The first-order valence-electron chi connectivity index (χ1n) is 4.83. The molecule has 3 aliphatic rings. The minimum absolute atomic E-state index is 0.0325. The molecule has 0 aromatic heterocycles. The summed E-state index contributed by atoms with van der Waals surface area (Å²) in [6.45, 7) is 0. The SMILES string of the molecule is Fc1c(F)c(Br)c2c(c1F)C1C=CC2C=C1. The lowest BCUT2D eigenvalue weighted by Crippen LogP contribution is -2.17. The second-order valence-corrected chi connectivity index (χ2v) is 4.70. The third-order valence-electron chi connectivity index (χ3n) is 3.06. The van der Waals surface area contributed by atoms with Crippen LogP contribution in [0, 0.1) is 17.5 Å². The molecular formula is C12H6BrF3. The summed E-state index contributed by atoms with van der Waals surface area (Å²) in [7, 11) is 0. The normalized spacial score (nSPS) is 25.0. The van der Waals surface area contributed by atoms with E-state index < -0.39 is 17.5 Å². The van der Waals surface area contributed by atoms with Crippen LogP contribution in [0.4, 0.5) is 13.2 Å². The van der Waals surface area contributed by atoms with Crippen molar-refractivity contribution in [2.75, 3.05) is 0 Å². The zero-order chi connectivity index (χ0) is 11.4. The summed E-state index contributed by atoms with van der Waals surface area (Å²) in [6, 6.07) is 0. The lowest BCUT2D eigenvalue weighted by Gasteiger charge is -2.30. The fourth-order valence-electron chi connectivity index (χ4n) is 2.31. The van der Waals surface area contributed by atoms with E-state index in [4.69, 9.17) is 0 Å². The fraction of sp³-hybridized carbons (Fsp3) is 0.167. The molecule has 0 saturated heterocycles. The van der Waals surface area contributed by atoms with E-state index >= 15 is 0 Å². The third-order valence-corrected chi connectivity index (χ3v) is 3.83. The number of benzene rings is 1. The average molecular weight is 287 g/mol. The Bertz CT molecular complexity index is 485. The first kappa shape index (κ1) is 10.1. The first-order chi connectivity index (χ1) is 7.61. The van der Waals surface area contributed by atoms with Gasteiger partial charge in [0.1, 0.15) is 0 Å². The summed E-state index contributed by atoms with van der Waals surface area (Å²) in [5.74, 6) is -4.07. The maximum Gasteiger partial charge on any atom is 0.195 e. The quantitative estimate of drug-likeness (QED) is 0.381. The molecule has 0 nitrogen and oxygen atoms in total. The number of halogens is 4. The van der Waals surface area contributed by atoms with Gasteiger partial charge < -0.3 is 0 Å². The van der Waals surface area contributed by atoms with Crippen molar-refractivity contribution in [3.8, 4) is 0 Å². The Kier molecular flexibility index (Phi) is 2.05. The fourth-order valence-corrected chi connectivity index (χ4v) is 2.96. The molecule has 0 unspecified atom stereocenters. The van der Waals surface area contributed by atoms with Gasteiger partial charge in [0.2, 0.25) is 0 Å². The van der Waals surface area contributed by atoms with Crippen LogP contribution in [-0.2, 0) is 0 Å². The molecule has 4 rings (SSSR count). The number of hydrogen-bond acceptors (Lipinski definition) is 0. The maximum absolute atomic E-state index is 13.7.